The molecule has 0 aromatic heterocycles. The zero-order valence-corrected chi connectivity index (χ0v) is 10.5. The number of nitrogens with two attached hydrogens (primary N) is 1. The second-order valence-corrected chi connectivity index (χ2v) is 5.35. The highest BCUT2D eigenvalue weighted by Crippen LogP contribution is 2.25. The Kier molecular flexibility index (Phi) is 4.33. The third-order valence-corrected chi connectivity index (χ3v) is 3.49. The molecule has 0 aliphatic carbocycles. The summed E-state index contributed by atoms with van der Waals surface area (Å²) in [5.74, 6) is 0.206. The van der Waals surface area contributed by atoms with Crippen LogP contribution in [0.4, 0.5) is 5.69 Å². The maximum absolute atomic E-state index is 11.9. The van der Waals surface area contributed by atoms with Crippen molar-refractivity contribution in [1.82, 2.24) is 4.72 Å². The summed E-state index contributed by atoms with van der Waals surface area (Å²) in [7, 11) is -2.36. The van der Waals surface area contributed by atoms with E-state index in [1.54, 1.807) is 6.07 Å². The lowest BCUT2D eigenvalue weighted by molar-refractivity contribution is 0.198. The van der Waals surface area contributed by atoms with Crippen LogP contribution in [0.15, 0.2) is 23.1 Å². The third-order valence-electron chi connectivity index (χ3n) is 2.05. The minimum atomic E-state index is -3.74. The van der Waals surface area contributed by atoms with Gasteiger partial charge in [0.2, 0.25) is 10.0 Å². The number of nitrogen functional groups attached to an aromatic ring is 1. The smallest absolute Gasteiger partial charge is 0.244 e. The number of aliphatic hydroxyl groups excluding tert-OH is 1. The van der Waals surface area contributed by atoms with Crippen molar-refractivity contribution < 1.29 is 18.3 Å². The Balaban J connectivity index is 3.09. The quantitative estimate of drug-likeness (QED) is 0.644. The molecule has 1 aromatic carbocycles. The summed E-state index contributed by atoms with van der Waals surface area (Å²) >= 11 is 0. The molecule has 0 fully saturated rings. The lowest BCUT2D eigenvalue weighted by atomic mass is 10.3. The van der Waals surface area contributed by atoms with Gasteiger partial charge in [-0.2, -0.15) is 0 Å². The third kappa shape index (κ3) is 3.58. The molecule has 1 rings (SSSR count). The van der Waals surface area contributed by atoms with E-state index in [-0.39, 0.29) is 17.2 Å². The molecule has 0 bridgehead atoms. The van der Waals surface area contributed by atoms with Gasteiger partial charge < -0.3 is 15.6 Å². The van der Waals surface area contributed by atoms with E-state index in [1.165, 1.54) is 26.2 Å². The Bertz CT molecular complexity index is 485. The first kappa shape index (κ1) is 13.8. The lowest BCUT2D eigenvalue weighted by Gasteiger charge is -2.12. The van der Waals surface area contributed by atoms with E-state index in [1.807, 2.05) is 0 Å². The van der Waals surface area contributed by atoms with Crippen molar-refractivity contribution in [2.75, 3.05) is 19.4 Å². The number of hydrogen-bond donors (Lipinski definition) is 3. The maximum Gasteiger partial charge on any atom is 0.244 e. The molecule has 0 heterocycles. The van der Waals surface area contributed by atoms with Crippen LogP contribution in [-0.4, -0.2) is 33.3 Å². The summed E-state index contributed by atoms with van der Waals surface area (Å²) in [6.07, 6.45) is -0.767. The molecule has 96 valence electrons. The Labute approximate surface area is 100 Å². The number of benzene rings is 1. The van der Waals surface area contributed by atoms with Crippen molar-refractivity contribution in [3.8, 4) is 5.75 Å². The maximum atomic E-state index is 11.9. The van der Waals surface area contributed by atoms with E-state index in [0.717, 1.165) is 0 Å². The number of rotatable bonds is 5. The molecule has 0 aliphatic rings. The molecule has 7 heteroatoms. The SMILES string of the molecule is COc1ccc(N)cc1S(=O)(=O)NC[C@H](C)O. The number of nitrogens with one attached hydrogen (secondary N) is 1. The first-order valence-electron chi connectivity index (χ1n) is 4.98. The van der Waals surface area contributed by atoms with E-state index in [4.69, 9.17) is 15.6 Å². The monoisotopic (exact) mass is 260 g/mol. The van der Waals surface area contributed by atoms with Crippen molar-refractivity contribution >= 4 is 15.7 Å². The van der Waals surface area contributed by atoms with E-state index in [2.05, 4.69) is 4.72 Å². The van der Waals surface area contributed by atoms with Crippen LogP contribution in [0, 0.1) is 0 Å². The van der Waals surface area contributed by atoms with Gasteiger partial charge >= 0.3 is 0 Å². The summed E-state index contributed by atoms with van der Waals surface area (Å²) in [6, 6.07) is 4.34. The second-order valence-electron chi connectivity index (χ2n) is 3.61. The Morgan fingerprint density at radius 1 is 1.53 bits per heavy atom. The molecule has 17 heavy (non-hydrogen) atoms. The summed E-state index contributed by atoms with van der Waals surface area (Å²) < 4.78 is 31.0. The van der Waals surface area contributed by atoms with Crippen molar-refractivity contribution in [3.63, 3.8) is 0 Å². The molecule has 0 radical (unpaired) electrons. The van der Waals surface area contributed by atoms with E-state index >= 15 is 0 Å². The fourth-order valence-electron chi connectivity index (χ4n) is 1.21. The first-order valence-corrected chi connectivity index (χ1v) is 6.46. The number of anilines is 1. The molecule has 6 nitrogen and oxygen atoms in total. The first-order chi connectivity index (χ1) is 7.86. The van der Waals surface area contributed by atoms with Gasteiger partial charge in [-0.25, -0.2) is 13.1 Å². The van der Waals surface area contributed by atoms with Crippen LogP contribution < -0.4 is 15.2 Å². The van der Waals surface area contributed by atoms with Gasteiger partial charge in [0, 0.05) is 12.2 Å². The molecule has 0 saturated carbocycles. The second kappa shape index (κ2) is 5.35. The van der Waals surface area contributed by atoms with Gasteiger partial charge in [0.15, 0.2) is 0 Å². The fraction of sp³-hybridized carbons (Fsp3) is 0.400. The molecule has 1 atom stereocenters. The fourth-order valence-corrected chi connectivity index (χ4v) is 2.53. The molecular formula is C10H16N2O4S. The predicted octanol–water partition coefficient (Wildman–Crippen LogP) is -0.0635. The molecular weight excluding hydrogens is 244 g/mol. The highest BCUT2D eigenvalue weighted by atomic mass is 32.2. The van der Waals surface area contributed by atoms with Crippen molar-refractivity contribution in [2.45, 2.75) is 17.9 Å². The topological polar surface area (TPSA) is 102 Å². The molecule has 0 spiro atoms. The molecule has 1 aromatic rings. The van der Waals surface area contributed by atoms with Gasteiger partial charge in [0.1, 0.15) is 10.6 Å². The van der Waals surface area contributed by atoms with E-state index < -0.39 is 16.1 Å². The summed E-state index contributed by atoms with van der Waals surface area (Å²) in [5, 5.41) is 9.06. The zero-order valence-electron chi connectivity index (χ0n) is 9.67. The largest absolute Gasteiger partial charge is 0.495 e. The van der Waals surface area contributed by atoms with Gasteiger partial charge in [0.25, 0.3) is 0 Å². The van der Waals surface area contributed by atoms with Gasteiger partial charge in [-0.3, -0.25) is 0 Å². The van der Waals surface area contributed by atoms with Crippen LogP contribution in [-0.2, 0) is 10.0 Å². The van der Waals surface area contributed by atoms with Crippen LogP contribution in [0.5, 0.6) is 5.75 Å². The number of aliphatic hydroxyl groups is 1. The van der Waals surface area contributed by atoms with Crippen molar-refractivity contribution in [1.29, 1.82) is 0 Å². The zero-order chi connectivity index (χ0) is 13.1. The van der Waals surface area contributed by atoms with Gasteiger partial charge in [-0.15, -0.1) is 0 Å². The Morgan fingerprint density at radius 3 is 2.71 bits per heavy atom. The summed E-state index contributed by atoms with van der Waals surface area (Å²) in [6.45, 7) is 1.42. The average molecular weight is 260 g/mol. The van der Waals surface area contributed by atoms with Crippen molar-refractivity contribution in [2.24, 2.45) is 0 Å². The van der Waals surface area contributed by atoms with Gasteiger partial charge in [0.05, 0.1) is 13.2 Å². The van der Waals surface area contributed by atoms with Crippen LogP contribution in [0.25, 0.3) is 0 Å². The number of ether oxygens (including phenoxy) is 1. The standard InChI is InChI=1S/C10H16N2O4S/c1-7(13)6-12-17(14,15)10-5-8(11)3-4-9(10)16-2/h3-5,7,12-13H,6,11H2,1-2H3/t7-/m0/s1. The Morgan fingerprint density at radius 2 is 2.18 bits per heavy atom. The molecule has 4 N–H and O–H groups in total. The Hall–Kier alpha value is -1.31. The highest BCUT2D eigenvalue weighted by Gasteiger charge is 2.19. The van der Waals surface area contributed by atoms with Crippen molar-refractivity contribution in [3.05, 3.63) is 18.2 Å². The minimum absolute atomic E-state index is 0.0411. The molecule has 0 aliphatic heterocycles. The lowest BCUT2D eigenvalue weighted by Crippen LogP contribution is -2.30. The summed E-state index contributed by atoms with van der Waals surface area (Å²) in [4.78, 5) is -0.0411. The molecule has 0 amide bonds. The van der Waals surface area contributed by atoms with Crippen LogP contribution in [0.2, 0.25) is 0 Å². The number of sulfonamides is 1. The number of methoxy groups -OCH3 is 1. The van der Waals surface area contributed by atoms with Gasteiger partial charge in [-0.1, -0.05) is 0 Å². The van der Waals surface area contributed by atoms with Gasteiger partial charge in [-0.05, 0) is 25.1 Å². The number of hydrogen-bond acceptors (Lipinski definition) is 5. The van der Waals surface area contributed by atoms with Crippen LogP contribution in [0.3, 0.4) is 0 Å². The van der Waals surface area contributed by atoms with E-state index in [9.17, 15) is 8.42 Å². The van der Waals surface area contributed by atoms with Crippen LogP contribution in [0.1, 0.15) is 6.92 Å². The normalized spacial score (nSPS) is 13.4. The molecule has 0 unspecified atom stereocenters. The average Bonchev–Trinajstić information content (AvgIpc) is 2.26. The minimum Gasteiger partial charge on any atom is -0.495 e. The predicted molar refractivity (Wildman–Crippen MR) is 64.3 cm³/mol. The summed E-state index contributed by atoms with van der Waals surface area (Å²) in [5.41, 5.74) is 5.86. The van der Waals surface area contributed by atoms with E-state index in [0.29, 0.717) is 5.69 Å². The molecule has 0 saturated heterocycles. The van der Waals surface area contributed by atoms with Crippen LogP contribution >= 0.6 is 0 Å². The highest BCUT2D eigenvalue weighted by molar-refractivity contribution is 7.89.